The van der Waals surface area contributed by atoms with Gasteiger partial charge in [0.25, 0.3) is 0 Å². The van der Waals surface area contributed by atoms with Crippen LogP contribution in [-0.4, -0.2) is 80.1 Å². The number of pyridine rings is 1. The molecule has 1 unspecified atom stereocenters. The lowest BCUT2D eigenvalue weighted by Gasteiger charge is -2.37. The maximum atomic E-state index is 4.55. The van der Waals surface area contributed by atoms with Crippen molar-refractivity contribution in [3.63, 3.8) is 0 Å². The third-order valence-electron chi connectivity index (χ3n) is 6.24. The number of nitrogens with zero attached hydrogens (tertiary/aromatic N) is 5. The van der Waals surface area contributed by atoms with Gasteiger partial charge in [0.05, 0.1) is 0 Å². The van der Waals surface area contributed by atoms with Gasteiger partial charge in [0, 0.05) is 59.1 Å². The van der Waals surface area contributed by atoms with E-state index in [9.17, 15) is 0 Å². The van der Waals surface area contributed by atoms with Crippen LogP contribution in [0.1, 0.15) is 12.0 Å². The molecule has 160 valence electrons. The van der Waals surface area contributed by atoms with Gasteiger partial charge in [0.1, 0.15) is 5.82 Å². The second-order valence-corrected chi connectivity index (χ2v) is 8.28. The van der Waals surface area contributed by atoms with E-state index in [4.69, 9.17) is 0 Å². The highest BCUT2D eigenvalue weighted by Gasteiger charge is 2.24. The summed E-state index contributed by atoms with van der Waals surface area (Å²) in [6, 6.07) is 16.9. The number of anilines is 1. The number of rotatable bonds is 6. The first kappa shape index (κ1) is 20.7. The Labute approximate surface area is 180 Å². The summed E-state index contributed by atoms with van der Waals surface area (Å²) in [5.74, 6) is 2.81. The van der Waals surface area contributed by atoms with Gasteiger partial charge >= 0.3 is 0 Å². The second-order valence-electron chi connectivity index (χ2n) is 8.28. The smallest absolute Gasteiger partial charge is 0.193 e. The summed E-state index contributed by atoms with van der Waals surface area (Å²) in [7, 11) is 1.90. The zero-order valence-corrected chi connectivity index (χ0v) is 18.1. The normalized spacial score (nSPS) is 20.6. The summed E-state index contributed by atoms with van der Waals surface area (Å²) >= 11 is 0. The van der Waals surface area contributed by atoms with Gasteiger partial charge in [0.15, 0.2) is 5.96 Å². The maximum Gasteiger partial charge on any atom is 0.193 e. The number of nitrogens with one attached hydrogen (secondary N) is 1. The van der Waals surface area contributed by atoms with E-state index >= 15 is 0 Å². The molecule has 6 heteroatoms. The van der Waals surface area contributed by atoms with Crippen molar-refractivity contribution < 1.29 is 0 Å². The average Bonchev–Trinajstić information content (AvgIpc) is 3.28. The monoisotopic (exact) mass is 406 g/mol. The first-order valence-electron chi connectivity index (χ1n) is 11.2. The molecule has 0 saturated carbocycles. The zero-order valence-electron chi connectivity index (χ0n) is 18.1. The molecule has 1 aromatic carbocycles. The summed E-state index contributed by atoms with van der Waals surface area (Å²) in [6.07, 6.45) is 4.28. The molecular weight excluding hydrogens is 372 g/mol. The van der Waals surface area contributed by atoms with Crippen LogP contribution in [0.5, 0.6) is 0 Å². The molecule has 2 aromatic rings. The molecule has 0 spiro atoms. The molecule has 1 N–H and O–H groups in total. The molecule has 2 saturated heterocycles. The summed E-state index contributed by atoms with van der Waals surface area (Å²) in [5.41, 5.74) is 1.43. The molecule has 30 heavy (non-hydrogen) atoms. The Hall–Kier alpha value is -2.60. The van der Waals surface area contributed by atoms with Crippen molar-refractivity contribution >= 4 is 11.8 Å². The van der Waals surface area contributed by atoms with Crippen molar-refractivity contribution in [3.8, 4) is 0 Å². The van der Waals surface area contributed by atoms with Crippen molar-refractivity contribution in [3.05, 3.63) is 60.3 Å². The molecule has 0 bridgehead atoms. The fraction of sp³-hybridized carbons (Fsp3) is 0.500. The lowest BCUT2D eigenvalue weighted by molar-refractivity contribution is 0.325. The minimum absolute atomic E-state index is 0.701. The lowest BCUT2D eigenvalue weighted by Crippen LogP contribution is -2.53. The highest BCUT2D eigenvalue weighted by molar-refractivity contribution is 5.80. The topological polar surface area (TPSA) is 47.0 Å². The van der Waals surface area contributed by atoms with E-state index in [0.29, 0.717) is 5.92 Å². The molecule has 0 amide bonds. The number of benzene rings is 1. The highest BCUT2D eigenvalue weighted by atomic mass is 15.4. The first-order valence-corrected chi connectivity index (χ1v) is 11.2. The molecule has 1 atom stereocenters. The fourth-order valence-electron chi connectivity index (χ4n) is 4.47. The standard InChI is InChI=1S/C24H34N6/c1-25-24(30-17-15-29(16-18-30)23-9-5-6-12-26-23)27-19-22-11-14-28(20-22)13-10-21-7-3-2-4-8-21/h2-9,12,22H,10-11,13-20H2,1H3,(H,25,27). The van der Waals surface area contributed by atoms with Crippen LogP contribution < -0.4 is 10.2 Å². The molecule has 6 nitrogen and oxygen atoms in total. The number of hydrogen-bond acceptors (Lipinski definition) is 4. The SMILES string of the molecule is CN=C(NCC1CCN(CCc2ccccc2)C1)N1CCN(c2ccccn2)CC1. The average molecular weight is 407 g/mol. The third-order valence-corrected chi connectivity index (χ3v) is 6.24. The summed E-state index contributed by atoms with van der Waals surface area (Å²) in [6.45, 7) is 8.47. The van der Waals surface area contributed by atoms with Crippen molar-refractivity contribution in [1.82, 2.24) is 20.1 Å². The van der Waals surface area contributed by atoms with E-state index in [-0.39, 0.29) is 0 Å². The van der Waals surface area contributed by atoms with Crippen LogP contribution in [-0.2, 0) is 6.42 Å². The summed E-state index contributed by atoms with van der Waals surface area (Å²) < 4.78 is 0. The van der Waals surface area contributed by atoms with Crippen LogP contribution in [0.4, 0.5) is 5.82 Å². The van der Waals surface area contributed by atoms with E-state index in [1.807, 2.05) is 19.3 Å². The number of likely N-dealkylation sites (tertiary alicyclic amines) is 1. The fourth-order valence-corrected chi connectivity index (χ4v) is 4.47. The summed E-state index contributed by atoms with van der Waals surface area (Å²) in [4.78, 5) is 16.4. The van der Waals surface area contributed by atoms with Crippen molar-refractivity contribution in [2.75, 3.05) is 64.3 Å². The number of hydrogen-bond donors (Lipinski definition) is 1. The van der Waals surface area contributed by atoms with Gasteiger partial charge < -0.3 is 20.0 Å². The van der Waals surface area contributed by atoms with E-state index < -0.39 is 0 Å². The van der Waals surface area contributed by atoms with Crippen LogP contribution in [0.2, 0.25) is 0 Å². The maximum absolute atomic E-state index is 4.55. The van der Waals surface area contributed by atoms with Gasteiger partial charge in [0.2, 0.25) is 0 Å². The molecular formula is C24H34N6. The Morgan fingerprint density at radius 3 is 2.57 bits per heavy atom. The van der Waals surface area contributed by atoms with Crippen molar-refractivity contribution in [1.29, 1.82) is 0 Å². The molecule has 0 radical (unpaired) electrons. The highest BCUT2D eigenvalue weighted by Crippen LogP contribution is 2.17. The Kier molecular flexibility index (Phi) is 7.19. The van der Waals surface area contributed by atoms with Gasteiger partial charge in [-0.15, -0.1) is 0 Å². The van der Waals surface area contributed by atoms with Crippen LogP contribution >= 0.6 is 0 Å². The van der Waals surface area contributed by atoms with Gasteiger partial charge in [-0.05, 0) is 43.0 Å². The van der Waals surface area contributed by atoms with Crippen LogP contribution in [0.3, 0.4) is 0 Å². The van der Waals surface area contributed by atoms with Gasteiger partial charge in [-0.25, -0.2) is 4.98 Å². The number of aromatic nitrogens is 1. The van der Waals surface area contributed by atoms with Gasteiger partial charge in [-0.2, -0.15) is 0 Å². The molecule has 2 aliphatic rings. The largest absolute Gasteiger partial charge is 0.356 e. The van der Waals surface area contributed by atoms with E-state index in [0.717, 1.165) is 57.5 Å². The minimum Gasteiger partial charge on any atom is -0.356 e. The van der Waals surface area contributed by atoms with Crippen LogP contribution in [0.25, 0.3) is 0 Å². The van der Waals surface area contributed by atoms with E-state index in [2.05, 4.69) is 72.5 Å². The van der Waals surface area contributed by atoms with Crippen LogP contribution in [0, 0.1) is 5.92 Å². The molecule has 1 aromatic heterocycles. The molecule has 0 aliphatic carbocycles. The van der Waals surface area contributed by atoms with E-state index in [1.165, 1.54) is 25.1 Å². The predicted octanol–water partition coefficient (Wildman–Crippen LogP) is 2.34. The summed E-state index contributed by atoms with van der Waals surface area (Å²) in [5, 5.41) is 3.65. The van der Waals surface area contributed by atoms with Crippen molar-refractivity contribution in [2.45, 2.75) is 12.8 Å². The second kappa shape index (κ2) is 10.4. The lowest BCUT2D eigenvalue weighted by atomic mass is 10.1. The zero-order chi connectivity index (χ0) is 20.6. The van der Waals surface area contributed by atoms with Crippen LogP contribution in [0.15, 0.2) is 59.7 Å². The Balaban J connectivity index is 1.18. The minimum atomic E-state index is 0.701. The van der Waals surface area contributed by atoms with Gasteiger partial charge in [-0.3, -0.25) is 4.99 Å². The number of piperazine rings is 1. The Bertz CT molecular complexity index is 786. The third kappa shape index (κ3) is 5.51. The van der Waals surface area contributed by atoms with Gasteiger partial charge in [-0.1, -0.05) is 36.4 Å². The van der Waals surface area contributed by atoms with E-state index in [1.54, 1.807) is 0 Å². The molecule has 2 fully saturated rings. The molecule has 3 heterocycles. The molecule has 4 rings (SSSR count). The number of guanidine groups is 1. The number of aliphatic imine (C=N–C) groups is 1. The van der Waals surface area contributed by atoms with Crippen molar-refractivity contribution in [2.24, 2.45) is 10.9 Å². The Morgan fingerprint density at radius 2 is 1.83 bits per heavy atom. The Morgan fingerprint density at radius 1 is 1.03 bits per heavy atom. The predicted molar refractivity (Wildman–Crippen MR) is 124 cm³/mol. The quantitative estimate of drug-likeness (QED) is 0.589. The molecule has 2 aliphatic heterocycles. The first-order chi connectivity index (χ1) is 14.8.